The van der Waals surface area contributed by atoms with E-state index in [1.807, 2.05) is 5.56 Å². The van der Waals surface area contributed by atoms with Crippen molar-refractivity contribution >= 4 is 7.92 Å². The molecule has 10 heterocycles. The molecule has 1 spiro atoms. The van der Waals surface area contributed by atoms with Crippen LogP contribution in [0.4, 0.5) is 0 Å². The van der Waals surface area contributed by atoms with Crippen LogP contribution in [0.2, 0.25) is 38.5 Å². The quantitative estimate of drug-likeness (QED) is 0.218. The Bertz CT molecular complexity index is 1510. The maximum atomic E-state index is 2.81. The van der Waals surface area contributed by atoms with Crippen molar-refractivity contribution in [2.75, 3.05) is 0 Å². The van der Waals surface area contributed by atoms with E-state index in [-0.39, 0.29) is 7.92 Å². The van der Waals surface area contributed by atoms with Gasteiger partial charge in [-0.3, -0.25) is 0 Å². The molecule has 0 aliphatic carbocycles. The van der Waals surface area contributed by atoms with Crippen LogP contribution in [0.1, 0.15) is 78.9 Å². The van der Waals surface area contributed by atoms with Crippen molar-refractivity contribution in [3.8, 4) is 0 Å². The minimum absolute atomic E-state index is 0.0983. The Hall–Kier alpha value is 0.169. The summed E-state index contributed by atoms with van der Waals surface area (Å²) in [6, 6.07) is 10.4. The van der Waals surface area contributed by atoms with Crippen LogP contribution < -0.4 is 0 Å². The Morgan fingerprint density at radius 1 is 0.871 bits per heavy atom. The molecule has 10 aliphatic rings. The zero-order valence-corrected chi connectivity index (χ0v) is 22.6. The number of rotatable bonds is 6. The monoisotopic (exact) mass is 476 g/mol. The van der Waals surface area contributed by atoms with E-state index in [0.29, 0.717) is 10.3 Å². The fraction of sp³-hybridized carbons (Fsp3) is 0.793. The van der Waals surface area contributed by atoms with E-state index < -0.39 is 6.51 Å². The van der Waals surface area contributed by atoms with Gasteiger partial charge in [-0.05, 0) is 0 Å². The molecule has 31 heavy (non-hydrogen) atoms. The van der Waals surface area contributed by atoms with Crippen molar-refractivity contribution in [2.24, 2.45) is 0 Å². The predicted molar refractivity (Wildman–Crippen MR) is 131 cm³/mol. The molecule has 10 aliphatic heterocycles. The normalized spacial score (nSPS) is 74.5. The molecular weight excluding hydrogens is 435 g/mol. The molecule has 170 valence electrons. The molecule has 1 aromatic rings. The van der Waals surface area contributed by atoms with Gasteiger partial charge in [0.1, 0.15) is 0 Å². The summed E-state index contributed by atoms with van der Waals surface area (Å²) in [6.07, 6.45) is 5.46. The number of fused-ring (bicyclic) bond motifs is 10. The van der Waals surface area contributed by atoms with Gasteiger partial charge in [-0.25, -0.2) is 0 Å². The Morgan fingerprint density at radius 2 is 1.48 bits per heavy atom. The molecule has 10 saturated heterocycles. The second kappa shape index (κ2) is 2.11. The zero-order chi connectivity index (χ0) is 21.3. The summed E-state index contributed by atoms with van der Waals surface area (Å²) in [5.41, 5.74) is 3.63. The van der Waals surface area contributed by atoms with E-state index in [9.17, 15) is 0 Å². The molecule has 5 unspecified atom stereocenters. The van der Waals surface area contributed by atoms with Gasteiger partial charge in [0.2, 0.25) is 0 Å². The second-order valence-electron chi connectivity index (χ2n) is 17.6. The van der Waals surface area contributed by atoms with E-state index >= 15 is 0 Å². The first-order valence-electron chi connectivity index (χ1n) is 13.4. The summed E-state index contributed by atoms with van der Waals surface area (Å²) < 4.78 is 1.87. The first-order valence-corrected chi connectivity index (χ1v) is 21.0. The molecule has 5 atom stereocenters. The standard InChI is InChI=1S/C24H36P.C5H5.Fe/c1-8-9-10-12-19-13-11-14-20(17-19)21-15-16-22(18-21)25(23(2,3)4)24(5,6)7;1-2-4-5-3-1;/h11,13-18H,8-10,12H2,1-7H3;1-5H;. The molecule has 0 nitrogen and oxygen atoms in total. The molecule has 0 bridgehead atoms. The molecule has 1 aromatic carbocycles. The van der Waals surface area contributed by atoms with Gasteiger partial charge >= 0.3 is 181 Å². The van der Waals surface area contributed by atoms with Gasteiger partial charge in [-0.15, -0.1) is 0 Å². The molecule has 10 fully saturated rings. The molecule has 2 heteroatoms. The van der Waals surface area contributed by atoms with Crippen molar-refractivity contribution in [1.29, 1.82) is 0 Å². The Labute approximate surface area is 180 Å². The molecule has 0 N–H and O–H groups in total. The Kier molecular flexibility index (Phi) is 1.14. The number of hydrogen-bond acceptors (Lipinski definition) is 0. The van der Waals surface area contributed by atoms with Crippen LogP contribution in [0, 0.1) is 0 Å². The van der Waals surface area contributed by atoms with E-state index in [1.165, 1.54) is 64.2 Å². The fourth-order valence-corrected chi connectivity index (χ4v) is 115. The summed E-state index contributed by atoms with van der Waals surface area (Å²) in [4.78, 5) is 11.0. The van der Waals surface area contributed by atoms with Crippen molar-refractivity contribution in [3.05, 3.63) is 35.4 Å². The number of aryl methyl sites for hydroxylation is 1. The zero-order valence-electron chi connectivity index (χ0n) is 20.6. The van der Waals surface area contributed by atoms with Crippen molar-refractivity contribution < 1.29 is 6.51 Å². The third-order valence-electron chi connectivity index (χ3n) is 18.8. The van der Waals surface area contributed by atoms with Crippen LogP contribution in [-0.4, -0.2) is 14.4 Å². The van der Waals surface area contributed by atoms with E-state index in [1.54, 1.807) is 5.56 Å². The average molecular weight is 476 g/mol. The van der Waals surface area contributed by atoms with Crippen molar-refractivity contribution in [1.82, 2.24) is 0 Å². The first kappa shape index (κ1) is 16.7. The summed E-state index contributed by atoms with van der Waals surface area (Å²) in [6.45, 7) is 14.8. The predicted octanol–water partition coefficient (Wildman–Crippen LogP) is 9.20. The van der Waals surface area contributed by atoms with Gasteiger partial charge in [-0.2, -0.15) is 0 Å². The Balaban J connectivity index is 1.17. The van der Waals surface area contributed by atoms with Gasteiger partial charge < -0.3 is 0 Å². The number of unbranched alkanes of at least 4 members (excludes halogenated alkanes) is 2. The van der Waals surface area contributed by atoms with E-state index in [4.69, 9.17) is 0 Å². The molecule has 0 amide bonds. The van der Waals surface area contributed by atoms with Gasteiger partial charge in [0.05, 0.1) is 0 Å². The van der Waals surface area contributed by atoms with Crippen LogP contribution in [-0.2, 0) is 17.2 Å². The SMILES string of the molecule is CCCCCc1cccc([C]23[CH]4[CH]5[C]6(P(C(C)(C)C)C(C)(C)C)[CH]2[Fe]45362789[CH]3[CH]2[CH]7[CH]8[CH]39)c1. The third kappa shape index (κ3) is 0.340. The van der Waals surface area contributed by atoms with E-state index in [2.05, 4.69) is 72.7 Å². The summed E-state index contributed by atoms with van der Waals surface area (Å²) in [5.74, 6) is 0. The van der Waals surface area contributed by atoms with Gasteiger partial charge in [0, 0.05) is 0 Å². The Morgan fingerprint density at radius 3 is 1.97 bits per heavy atom. The molecular formula is C29H41FeP. The van der Waals surface area contributed by atoms with E-state index in [0.717, 1.165) is 8.37 Å². The first-order chi connectivity index (χ1) is 14.3. The topological polar surface area (TPSA) is 0 Å². The number of hydrogen-bond donors (Lipinski definition) is 0. The van der Waals surface area contributed by atoms with Crippen molar-refractivity contribution in [3.63, 3.8) is 0 Å². The minimum atomic E-state index is -3.50. The summed E-state index contributed by atoms with van der Waals surface area (Å²) in [7, 11) is 0.0983. The van der Waals surface area contributed by atoms with Gasteiger partial charge in [-0.1, -0.05) is 0 Å². The van der Waals surface area contributed by atoms with Crippen LogP contribution in [0.25, 0.3) is 0 Å². The fourth-order valence-electron chi connectivity index (χ4n) is 21.4. The maximum absolute atomic E-state index is 3.50. The summed E-state index contributed by atoms with van der Waals surface area (Å²) >= 11 is 0. The molecule has 0 radical (unpaired) electrons. The van der Waals surface area contributed by atoms with Crippen molar-refractivity contribution in [2.45, 2.75) is 131 Å². The number of benzene rings is 1. The van der Waals surface area contributed by atoms with Crippen LogP contribution >= 0.6 is 7.92 Å². The molecule has 0 aromatic heterocycles. The average Bonchev–Trinajstić information content (AvgIpc) is 3.60. The molecule has 11 rings (SSSR count). The van der Waals surface area contributed by atoms with Gasteiger partial charge in [0.15, 0.2) is 0 Å². The third-order valence-corrected chi connectivity index (χ3v) is 69.6. The van der Waals surface area contributed by atoms with Crippen LogP contribution in [0.3, 0.4) is 0 Å². The van der Waals surface area contributed by atoms with Crippen LogP contribution in [0.15, 0.2) is 24.3 Å². The second-order valence-corrected chi connectivity index (χ2v) is 45.3. The molecule has 0 saturated carbocycles. The van der Waals surface area contributed by atoms with Gasteiger partial charge in [0.25, 0.3) is 0 Å². The summed E-state index contributed by atoms with van der Waals surface area (Å²) in [5, 5.41) is 1.07. The van der Waals surface area contributed by atoms with Crippen LogP contribution in [0.5, 0.6) is 0 Å².